The van der Waals surface area contributed by atoms with Gasteiger partial charge in [0.15, 0.2) is 0 Å². The quantitative estimate of drug-likeness (QED) is 0.577. The Hall–Kier alpha value is -0.570. The van der Waals surface area contributed by atoms with Crippen molar-refractivity contribution >= 4 is 5.97 Å². The van der Waals surface area contributed by atoms with E-state index in [0.29, 0.717) is 12.3 Å². The zero-order valence-corrected chi connectivity index (χ0v) is 6.58. The molecule has 0 amide bonds. The fraction of sp³-hybridized carbons (Fsp3) is 0.875. The Balaban J connectivity index is 2.20. The minimum atomic E-state index is -0.664. The fourth-order valence-electron chi connectivity index (χ4n) is 2.54. The van der Waals surface area contributed by atoms with E-state index in [9.17, 15) is 4.79 Å². The summed E-state index contributed by atoms with van der Waals surface area (Å²) in [5, 5.41) is 8.84. The number of fused-ring (bicyclic) bond motifs is 1. The molecule has 2 aliphatic carbocycles. The minimum absolute atomic E-state index is 0.0469. The van der Waals surface area contributed by atoms with Crippen LogP contribution in [0, 0.1) is 17.3 Å². The molecule has 0 saturated heterocycles. The van der Waals surface area contributed by atoms with Crippen LogP contribution in [-0.2, 0) is 4.79 Å². The Morgan fingerprint density at radius 3 is 2.55 bits per heavy atom. The molecule has 0 heterocycles. The Kier molecular flexibility index (Phi) is 1.15. The van der Waals surface area contributed by atoms with Gasteiger partial charge in [-0.15, -0.1) is 0 Å². The van der Waals surface area contributed by atoms with E-state index < -0.39 is 5.97 Å². The van der Waals surface area contributed by atoms with E-state index in [1.54, 1.807) is 0 Å². The molecule has 2 fully saturated rings. The van der Waals surface area contributed by atoms with Gasteiger partial charge in [-0.25, -0.2) is 0 Å². The highest BCUT2D eigenvalue weighted by molar-refractivity contribution is 5.72. The molecule has 3 nitrogen and oxygen atoms in total. The summed E-state index contributed by atoms with van der Waals surface area (Å²) in [6.45, 7) is 2.04. The summed E-state index contributed by atoms with van der Waals surface area (Å²) in [4.78, 5) is 10.7. The van der Waals surface area contributed by atoms with Crippen LogP contribution in [-0.4, -0.2) is 17.1 Å². The van der Waals surface area contributed by atoms with Gasteiger partial charge in [0.25, 0.3) is 0 Å². The molecular weight excluding hydrogens is 142 g/mol. The molecule has 0 aromatic carbocycles. The van der Waals surface area contributed by atoms with Crippen LogP contribution in [0.15, 0.2) is 0 Å². The molecule has 3 heteroatoms. The van der Waals surface area contributed by atoms with E-state index in [-0.39, 0.29) is 17.4 Å². The Labute approximate surface area is 65.6 Å². The molecule has 2 aliphatic rings. The van der Waals surface area contributed by atoms with E-state index in [2.05, 4.69) is 0 Å². The van der Waals surface area contributed by atoms with Crippen molar-refractivity contribution in [3.05, 3.63) is 0 Å². The first-order valence-corrected chi connectivity index (χ1v) is 4.04. The van der Waals surface area contributed by atoms with Crippen LogP contribution in [0.2, 0.25) is 0 Å². The highest BCUT2D eigenvalue weighted by Gasteiger charge is 2.65. The second-order valence-electron chi connectivity index (χ2n) is 4.11. The summed E-state index contributed by atoms with van der Waals surface area (Å²) in [6.07, 6.45) is 1.70. The second kappa shape index (κ2) is 1.78. The van der Waals surface area contributed by atoms with E-state index in [1.807, 2.05) is 6.92 Å². The smallest absolute Gasteiger partial charge is 0.307 e. The first-order valence-electron chi connectivity index (χ1n) is 4.04. The largest absolute Gasteiger partial charge is 0.481 e. The van der Waals surface area contributed by atoms with Gasteiger partial charge in [-0.1, -0.05) is 6.92 Å². The molecule has 0 radical (unpaired) electrons. The van der Waals surface area contributed by atoms with Crippen molar-refractivity contribution in [1.82, 2.24) is 0 Å². The maximum absolute atomic E-state index is 10.7. The molecule has 2 rings (SSSR count). The summed E-state index contributed by atoms with van der Waals surface area (Å²) in [5.41, 5.74) is 5.82. The first kappa shape index (κ1) is 7.10. The number of hydrogen-bond donors (Lipinski definition) is 2. The SMILES string of the molecule is CC12CC1C(N)CC2C(=O)O. The molecule has 11 heavy (non-hydrogen) atoms. The van der Waals surface area contributed by atoms with Crippen molar-refractivity contribution < 1.29 is 9.90 Å². The zero-order valence-electron chi connectivity index (χ0n) is 6.58. The molecule has 4 atom stereocenters. The van der Waals surface area contributed by atoms with E-state index >= 15 is 0 Å². The average molecular weight is 155 g/mol. The molecular formula is C8H13NO2. The van der Waals surface area contributed by atoms with Gasteiger partial charge < -0.3 is 10.8 Å². The number of carboxylic acid groups (broad SMARTS) is 1. The predicted molar refractivity (Wildman–Crippen MR) is 39.9 cm³/mol. The van der Waals surface area contributed by atoms with Crippen molar-refractivity contribution in [2.75, 3.05) is 0 Å². The van der Waals surface area contributed by atoms with Gasteiger partial charge >= 0.3 is 5.97 Å². The molecule has 3 N–H and O–H groups in total. The van der Waals surface area contributed by atoms with Crippen molar-refractivity contribution in [1.29, 1.82) is 0 Å². The number of carbonyl (C=O) groups is 1. The van der Waals surface area contributed by atoms with Crippen LogP contribution >= 0.6 is 0 Å². The van der Waals surface area contributed by atoms with Crippen molar-refractivity contribution in [3.8, 4) is 0 Å². The van der Waals surface area contributed by atoms with Crippen molar-refractivity contribution in [2.45, 2.75) is 25.8 Å². The lowest BCUT2D eigenvalue weighted by Gasteiger charge is -2.13. The summed E-state index contributed by atoms with van der Waals surface area (Å²) in [5.74, 6) is -0.353. The number of carboxylic acids is 1. The van der Waals surface area contributed by atoms with Crippen LogP contribution in [0.5, 0.6) is 0 Å². The van der Waals surface area contributed by atoms with Crippen molar-refractivity contribution in [2.24, 2.45) is 23.0 Å². The highest BCUT2D eigenvalue weighted by Crippen LogP contribution is 2.65. The molecule has 2 saturated carbocycles. The Bertz CT molecular complexity index is 216. The van der Waals surface area contributed by atoms with Gasteiger partial charge in [0.2, 0.25) is 0 Å². The van der Waals surface area contributed by atoms with E-state index in [4.69, 9.17) is 10.8 Å². The summed E-state index contributed by atoms with van der Waals surface area (Å²) < 4.78 is 0. The maximum Gasteiger partial charge on any atom is 0.307 e. The van der Waals surface area contributed by atoms with Crippen molar-refractivity contribution in [3.63, 3.8) is 0 Å². The van der Waals surface area contributed by atoms with Gasteiger partial charge in [0.1, 0.15) is 0 Å². The lowest BCUT2D eigenvalue weighted by Crippen LogP contribution is -2.23. The summed E-state index contributed by atoms with van der Waals surface area (Å²) in [6, 6.07) is 0.140. The third kappa shape index (κ3) is 0.745. The molecule has 4 unspecified atom stereocenters. The van der Waals surface area contributed by atoms with Crippen LogP contribution in [0.25, 0.3) is 0 Å². The summed E-state index contributed by atoms with van der Waals surface area (Å²) >= 11 is 0. The lowest BCUT2D eigenvalue weighted by molar-refractivity contribution is -0.143. The Morgan fingerprint density at radius 1 is 1.73 bits per heavy atom. The molecule has 0 aliphatic heterocycles. The molecule has 0 aromatic rings. The monoisotopic (exact) mass is 155 g/mol. The van der Waals surface area contributed by atoms with Crippen LogP contribution in [0.3, 0.4) is 0 Å². The standard InChI is InChI=1S/C8H13NO2/c1-8-3-5(8)6(9)2-4(8)7(10)11/h4-6H,2-3,9H2,1H3,(H,10,11). The number of nitrogens with two attached hydrogens (primary N) is 1. The molecule has 0 aromatic heterocycles. The van der Waals surface area contributed by atoms with Gasteiger partial charge in [-0.05, 0) is 24.2 Å². The van der Waals surface area contributed by atoms with Crippen LogP contribution in [0.4, 0.5) is 0 Å². The number of aliphatic carboxylic acids is 1. The zero-order chi connectivity index (χ0) is 8.22. The van der Waals surface area contributed by atoms with Crippen LogP contribution in [0.1, 0.15) is 19.8 Å². The normalized spacial score (nSPS) is 53.8. The summed E-state index contributed by atoms with van der Waals surface area (Å²) in [7, 11) is 0. The van der Waals surface area contributed by atoms with Crippen LogP contribution < -0.4 is 5.73 Å². The molecule has 62 valence electrons. The lowest BCUT2D eigenvalue weighted by atomic mass is 9.92. The first-order chi connectivity index (χ1) is 5.05. The minimum Gasteiger partial charge on any atom is -0.481 e. The number of hydrogen-bond acceptors (Lipinski definition) is 2. The predicted octanol–water partition coefficient (Wildman–Crippen LogP) is 0.444. The maximum atomic E-state index is 10.7. The van der Waals surface area contributed by atoms with Gasteiger partial charge in [0, 0.05) is 6.04 Å². The fourth-order valence-corrected chi connectivity index (χ4v) is 2.54. The third-order valence-corrected chi connectivity index (χ3v) is 3.47. The molecule has 0 bridgehead atoms. The number of rotatable bonds is 1. The van der Waals surface area contributed by atoms with Gasteiger partial charge in [0.05, 0.1) is 5.92 Å². The Morgan fingerprint density at radius 2 is 2.36 bits per heavy atom. The van der Waals surface area contributed by atoms with Gasteiger partial charge in [-0.2, -0.15) is 0 Å². The topological polar surface area (TPSA) is 63.3 Å². The van der Waals surface area contributed by atoms with E-state index in [0.717, 1.165) is 6.42 Å². The highest BCUT2D eigenvalue weighted by atomic mass is 16.4. The molecule has 0 spiro atoms. The third-order valence-electron chi connectivity index (χ3n) is 3.47. The van der Waals surface area contributed by atoms with E-state index in [1.165, 1.54) is 0 Å². The second-order valence-corrected chi connectivity index (χ2v) is 4.11. The van der Waals surface area contributed by atoms with Gasteiger partial charge in [-0.3, -0.25) is 4.79 Å². The average Bonchev–Trinajstić information content (AvgIpc) is 2.51.